The molecule has 0 saturated carbocycles. The van der Waals surface area contributed by atoms with Gasteiger partial charge in [-0.25, -0.2) is 0 Å². The van der Waals surface area contributed by atoms with E-state index in [9.17, 15) is 0 Å². The molecule has 1 unspecified atom stereocenters. The van der Waals surface area contributed by atoms with E-state index in [4.69, 9.17) is 5.73 Å². The van der Waals surface area contributed by atoms with Crippen LogP contribution in [0.3, 0.4) is 0 Å². The van der Waals surface area contributed by atoms with Crippen molar-refractivity contribution in [2.75, 3.05) is 6.54 Å². The Kier molecular flexibility index (Phi) is 2.36. The van der Waals surface area contributed by atoms with Crippen molar-refractivity contribution in [2.24, 2.45) is 5.73 Å². The van der Waals surface area contributed by atoms with Gasteiger partial charge in [-0.3, -0.25) is 0 Å². The molecule has 1 aromatic rings. The fraction of sp³-hybridized carbons (Fsp3) is 0.538. The van der Waals surface area contributed by atoms with Crippen molar-refractivity contribution in [3.05, 3.63) is 34.9 Å². The molecule has 0 bridgehead atoms. The van der Waals surface area contributed by atoms with E-state index in [1.165, 1.54) is 36.0 Å². The van der Waals surface area contributed by atoms with Crippen LogP contribution in [-0.4, -0.2) is 6.54 Å². The van der Waals surface area contributed by atoms with E-state index >= 15 is 0 Å². The first kappa shape index (κ1) is 9.72. The van der Waals surface area contributed by atoms with E-state index < -0.39 is 0 Å². The van der Waals surface area contributed by atoms with E-state index in [0.29, 0.717) is 0 Å². The maximum atomic E-state index is 5.89. The highest BCUT2D eigenvalue weighted by atomic mass is 14.6. The lowest BCUT2D eigenvalue weighted by Crippen LogP contribution is -2.35. The number of hydrogen-bond acceptors (Lipinski definition) is 1. The molecule has 0 radical (unpaired) electrons. The van der Waals surface area contributed by atoms with E-state index in [1.54, 1.807) is 0 Å². The zero-order chi connectivity index (χ0) is 10.2. The zero-order valence-corrected chi connectivity index (χ0v) is 9.14. The minimum Gasteiger partial charge on any atom is -0.330 e. The van der Waals surface area contributed by atoms with Gasteiger partial charge in [-0.15, -0.1) is 0 Å². The van der Waals surface area contributed by atoms with Crippen LogP contribution in [-0.2, 0) is 11.8 Å². The zero-order valence-electron chi connectivity index (χ0n) is 9.14. The summed E-state index contributed by atoms with van der Waals surface area (Å²) in [5.74, 6) is 0. The van der Waals surface area contributed by atoms with Gasteiger partial charge >= 0.3 is 0 Å². The van der Waals surface area contributed by atoms with Gasteiger partial charge in [0.1, 0.15) is 0 Å². The minimum absolute atomic E-state index is 0.223. The van der Waals surface area contributed by atoms with E-state index in [0.717, 1.165) is 6.54 Å². The standard InChI is InChI=1S/C13H19N/c1-10-5-6-12-11(8-10)4-3-7-13(12,2)9-14/h5-6,8H,3-4,7,9,14H2,1-2H3. The third-order valence-corrected chi connectivity index (χ3v) is 3.54. The van der Waals surface area contributed by atoms with E-state index in [1.807, 2.05) is 0 Å². The van der Waals surface area contributed by atoms with E-state index in [-0.39, 0.29) is 5.41 Å². The Bertz CT molecular complexity index is 343. The van der Waals surface area contributed by atoms with E-state index in [2.05, 4.69) is 32.0 Å². The molecule has 1 atom stereocenters. The fourth-order valence-electron chi connectivity index (χ4n) is 2.53. The second-order valence-corrected chi connectivity index (χ2v) is 4.78. The van der Waals surface area contributed by atoms with Gasteiger partial charge in [0, 0.05) is 12.0 Å². The molecule has 2 rings (SSSR count). The van der Waals surface area contributed by atoms with Crippen LogP contribution >= 0.6 is 0 Å². The fourth-order valence-corrected chi connectivity index (χ4v) is 2.53. The Balaban J connectivity index is 2.50. The molecule has 1 heteroatoms. The van der Waals surface area contributed by atoms with Gasteiger partial charge in [-0.1, -0.05) is 30.7 Å². The van der Waals surface area contributed by atoms with Crippen molar-refractivity contribution in [1.29, 1.82) is 0 Å². The number of fused-ring (bicyclic) bond motifs is 1. The molecule has 0 aliphatic heterocycles. The summed E-state index contributed by atoms with van der Waals surface area (Å²) in [6, 6.07) is 6.80. The molecule has 0 saturated heterocycles. The highest BCUT2D eigenvalue weighted by Crippen LogP contribution is 2.36. The normalized spacial score (nSPS) is 25.9. The lowest BCUT2D eigenvalue weighted by molar-refractivity contribution is 0.404. The van der Waals surface area contributed by atoms with Gasteiger partial charge in [0.05, 0.1) is 0 Å². The van der Waals surface area contributed by atoms with Crippen LogP contribution in [0.2, 0.25) is 0 Å². The first-order valence-electron chi connectivity index (χ1n) is 5.46. The molecule has 2 N–H and O–H groups in total. The molecule has 1 aliphatic rings. The lowest BCUT2D eigenvalue weighted by Gasteiger charge is -2.35. The van der Waals surface area contributed by atoms with Crippen LogP contribution in [0.25, 0.3) is 0 Å². The van der Waals surface area contributed by atoms with Gasteiger partial charge < -0.3 is 5.73 Å². The predicted octanol–water partition coefficient (Wildman–Crippen LogP) is 2.55. The summed E-state index contributed by atoms with van der Waals surface area (Å²) in [7, 11) is 0. The lowest BCUT2D eigenvalue weighted by atomic mass is 9.71. The molecule has 1 aromatic carbocycles. The molecule has 0 amide bonds. The number of rotatable bonds is 1. The highest BCUT2D eigenvalue weighted by molar-refractivity contribution is 5.39. The highest BCUT2D eigenvalue weighted by Gasteiger charge is 2.30. The molecule has 0 fully saturated rings. The smallest absolute Gasteiger partial charge is 0.00501 e. The summed E-state index contributed by atoms with van der Waals surface area (Å²) in [5, 5.41) is 0. The summed E-state index contributed by atoms with van der Waals surface area (Å²) >= 11 is 0. The molecular weight excluding hydrogens is 170 g/mol. The first-order chi connectivity index (χ1) is 6.65. The van der Waals surface area contributed by atoms with Crippen molar-refractivity contribution >= 4 is 0 Å². The van der Waals surface area contributed by atoms with Crippen LogP contribution in [0.1, 0.15) is 36.5 Å². The van der Waals surface area contributed by atoms with Crippen molar-refractivity contribution in [3.8, 4) is 0 Å². The number of hydrogen-bond donors (Lipinski definition) is 1. The summed E-state index contributed by atoms with van der Waals surface area (Å²) in [6.07, 6.45) is 3.75. The monoisotopic (exact) mass is 189 g/mol. The maximum absolute atomic E-state index is 5.89. The molecule has 0 aromatic heterocycles. The molecule has 76 valence electrons. The number of aryl methyl sites for hydroxylation is 2. The van der Waals surface area contributed by atoms with Crippen LogP contribution in [0, 0.1) is 6.92 Å². The van der Waals surface area contributed by atoms with Gasteiger partial charge in [0.15, 0.2) is 0 Å². The van der Waals surface area contributed by atoms with Crippen LogP contribution in [0.4, 0.5) is 0 Å². The molecule has 0 heterocycles. The maximum Gasteiger partial charge on any atom is 0.00501 e. The van der Waals surface area contributed by atoms with Gasteiger partial charge in [0.25, 0.3) is 0 Å². The predicted molar refractivity (Wildman–Crippen MR) is 60.5 cm³/mol. The Morgan fingerprint density at radius 3 is 2.93 bits per heavy atom. The van der Waals surface area contributed by atoms with Crippen LogP contribution < -0.4 is 5.73 Å². The Morgan fingerprint density at radius 1 is 1.43 bits per heavy atom. The summed E-state index contributed by atoms with van der Waals surface area (Å²) < 4.78 is 0. The molecule has 14 heavy (non-hydrogen) atoms. The van der Waals surface area contributed by atoms with Crippen molar-refractivity contribution in [1.82, 2.24) is 0 Å². The van der Waals surface area contributed by atoms with Gasteiger partial charge in [0.2, 0.25) is 0 Å². The number of benzene rings is 1. The van der Waals surface area contributed by atoms with Crippen LogP contribution in [0.5, 0.6) is 0 Å². The summed E-state index contributed by atoms with van der Waals surface area (Å²) in [5.41, 5.74) is 10.5. The molecule has 0 spiro atoms. The van der Waals surface area contributed by atoms with Crippen molar-refractivity contribution < 1.29 is 0 Å². The third kappa shape index (κ3) is 1.46. The average Bonchev–Trinajstić information content (AvgIpc) is 2.18. The van der Waals surface area contributed by atoms with Crippen molar-refractivity contribution in [3.63, 3.8) is 0 Å². The van der Waals surface area contributed by atoms with Gasteiger partial charge in [-0.05, 0) is 37.3 Å². The Morgan fingerprint density at radius 2 is 2.21 bits per heavy atom. The third-order valence-electron chi connectivity index (χ3n) is 3.54. The summed E-state index contributed by atoms with van der Waals surface area (Å²) in [6.45, 7) is 5.22. The second kappa shape index (κ2) is 3.39. The molecule has 1 nitrogen and oxygen atoms in total. The first-order valence-corrected chi connectivity index (χ1v) is 5.46. The SMILES string of the molecule is Cc1ccc2c(c1)CCCC2(C)CN. The minimum atomic E-state index is 0.223. The second-order valence-electron chi connectivity index (χ2n) is 4.78. The molecular formula is C13H19N. The quantitative estimate of drug-likeness (QED) is 0.722. The molecule has 1 aliphatic carbocycles. The Hall–Kier alpha value is -0.820. The van der Waals surface area contributed by atoms with Gasteiger partial charge in [-0.2, -0.15) is 0 Å². The summed E-state index contributed by atoms with van der Waals surface area (Å²) in [4.78, 5) is 0. The van der Waals surface area contributed by atoms with Crippen LogP contribution in [0.15, 0.2) is 18.2 Å². The number of nitrogens with two attached hydrogens (primary N) is 1. The Labute approximate surface area is 86.3 Å². The largest absolute Gasteiger partial charge is 0.330 e. The topological polar surface area (TPSA) is 26.0 Å². The van der Waals surface area contributed by atoms with Crippen molar-refractivity contribution in [2.45, 2.75) is 38.5 Å². The average molecular weight is 189 g/mol.